The van der Waals surface area contributed by atoms with E-state index in [0.29, 0.717) is 40.0 Å². The number of benzene rings is 1. The largest absolute Gasteiger partial charge is 0.370 e. The number of rotatable bonds is 5. The maximum atomic E-state index is 11.4. The molecule has 1 saturated heterocycles. The van der Waals surface area contributed by atoms with E-state index >= 15 is 0 Å². The van der Waals surface area contributed by atoms with Crippen molar-refractivity contribution in [2.24, 2.45) is 16.6 Å². The second-order valence-electron chi connectivity index (χ2n) is 6.18. The molecule has 1 fully saturated rings. The summed E-state index contributed by atoms with van der Waals surface area (Å²) in [7, 11) is -2.81. The maximum Gasteiger partial charge on any atom is 0.189 e. The second kappa shape index (κ2) is 8.41. The van der Waals surface area contributed by atoms with E-state index in [1.54, 1.807) is 12.1 Å². The Kier molecular flexibility index (Phi) is 6.78. The Hall–Kier alpha value is -0.980. The first-order chi connectivity index (χ1) is 11.3. The van der Waals surface area contributed by atoms with Crippen LogP contribution in [0.25, 0.3) is 0 Å². The van der Waals surface area contributed by atoms with E-state index in [-0.39, 0.29) is 6.04 Å². The van der Waals surface area contributed by atoms with Crippen molar-refractivity contribution in [3.8, 4) is 0 Å². The Morgan fingerprint density at radius 3 is 2.67 bits per heavy atom. The van der Waals surface area contributed by atoms with Gasteiger partial charge >= 0.3 is 0 Å². The van der Waals surface area contributed by atoms with E-state index in [1.807, 2.05) is 13.0 Å². The summed E-state index contributed by atoms with van der Waals surface area (Å²) in [6.07, 6.45) is 2.30. The van der Waals surface area contributed by atoms with Crippen LogP contribution < -0.4 is 11.1 Å². The Morgan fingerprint density at radius 1 is 1.38 bits per heavy atom. The molecule has 1 aliphatic rings. The van der Waals surface area contributed by atoms with Crippen LogP contribution in [-0.4, -0.2) is 32.4 Å². The van der Waals surface area contributed by atoms with Gasteiger partial charge in [0.2, 0.25) is 0 Å². The van der Waals surface area contributed by atoms with Crippen molar-refractivity contribution in [1.29, 1.82) is 0 Å². The van der Waals surface area contributed by atoms with Crippen LogP contribution in [-0.2, 0) is 9.84 Å². The van der Waals surface area contributed by atoms with E-state index in [9.17, 15) is 8.42 Å². The normalized spacial score (nSPS) is 19.9. The molecule has 1 heterocycles. The Balaban J connectivity index is 1.81. The van der Waals surface area contributed by atoms with E-state index in [2.05, 4.69) is 10.3 Å². The highest BCUT2D eigenvalue weighted by atomic mass is 35.5. The standard InChI is InChI=1S/C16H23Cl2N3O2S/c1-11(14-3-2-13(17)10-15(14)18)21-16(19)20-7-4-12-5-8-24(22,23)9-6-12/h2-3,10-12H,4-9H2,1H3,(H3,19,20,21). The molecular formula is C16H23Cl2N3O2S. The van der Waals surface area contributed by atoms with Gasteiger partial charge in [-0.1, -0.05) is 29.3 Å². The Bertz CT molecular complexity index is 693. The summed E-state index contributed by atoms with van der Waals surface area (Å²) in [5.74, 6) is 1.35. The van der Waals surface area contributed by atoms with Gasteiger partial charge in [0.25, 0.3) is 0 Å². The first kappa shape index (κ1) is 19.3. The lowest BCUT2D eigenvalue weighted by Crippen LogP contribution is -2.34. The van der Waals surface area contributed by atoms with Gasteiger partial charge in [-0.2, -0.15) is 0 Å². The van der Waals surface area contributed by atoms with Crippen LogP contribution in [0.2, 0.25) is 10.0 Å². The molecule has 24 heavy (non-hydrogen) atoms. The molecule has 1 aromatic rings. The molecule has 0 spiro atoms. The van der Waals surface area contributed by atoms with Crippen molar-refractivity contribution in [1.82, 2.24) is 5.32 Å². The van der Waals surface area contributed by atoms with Gasteiger partial charge in [0.1, 0.15) is 9.84 Å². The third-order valence-corrected chi connectivity index (χ3v) is 6.56. The highest BCUT2D eigenvalue weighted by molar-refractivity contribution is 7.91. The fourth-order valence-electron chi connectivity index (χ4n) is 2.79. The average Bonchev–Trinajstić information content (AvgIpc) is 2.48. The van der Waals surface area contributed by atoms with Gasteiger partial charge in [0.05, 0.1) is 17.5 Å². The number of guanidine groups is 1. The molecule has 1 aromatic carbocycles. The van der Waals surface area contributed by atoms with Gasteiger partial charge in [-0.25, -0.2) is 8.42 Å². The maximum absolute atomic E-state index is 11.4. The molecule has 1 unspecified atom stereocenters. The van der Waals surface area contributed by atoms with Crippen LogP contribution in [0.4, 0.5) is 0 Å². The zero-order valence-corrected chi connectivity index (χ0v) is 16.0. The van der Waals surface area contributed by atoms with Gasteiger partial charge in [-0.3, -0.25) is 4.99 Å². The zero-order chi connectivity index (χ0) is 17.7. The summed E-state index contributed by atoms with van der Waals surface area (Å²) in [5, 5.41) is 4.28. The lowest BCUT2D eigenvalue weighted by Gasteiger charge is -2.21. The third kappa shape index (κ3) is 5.83. The number of aliphatic imine (C=N–C) groups is 1. The van der Waals surface area contributed by atoms with Crippen molar-refractivity contribution in [3.05, 3.63) is 33.8 Å². The summed E-state index contributed by atoms with van der Waals surface area (Å²) in [6, 6.07) is 5.25. The van der Waals surface area contributed by atoms with Gasteiger partial charge in [-0.05, 0) is 49.8 Å². The van der Waals surface area contributed by atoms with E-state index in [0.717, 1.165) is 24.8 Å². The van der Waals surface area contributed by atoms with E-state index < -0.39 is 9.84 Å². The minimum atomic E-state index is -2.81. The smallest absolute Gasteiger partial charge is 0.189 e. The number of nitrogens with zero attached hydrogens (tertiary/aromatic N) is 1. The van der Waals surface area contributed by atoms with Crippen LogP contribution in [0, 0.1) is 5.92 Å². The number of sulfone groups is 1. The fourth-order valence-corrected chi connectivity index (χ4v) is 4.95. The summed E-state index contributed by atoms with van der Waals surface area (Å²) in [4.78, 5) is 4.33. The third-order valence-electron chi connectivity index (χ3n) is 4.29. The van der Waals surface area contributed by atoms with Crippen molar-refractivity contribution in [2.75, 3.05) is 18.1 Å². The fraction of sp³-hybridized carbons (Fsp3) is 0.562. The molecule has 1 atom stereocenters. The Labute approximate surface area is 153 Å². The number of hydrogen-bond acceptors (Lipinski definition) is 3. The van der Waals surface area contributed by atoms with Gasteiger partial charge in [-0.15, -0.1) is 0 Å². The van der Waals surface area contributed by atoms with Crippen LogP contribution >= 0.6 is 23.2 Å². The molecular weight excluding hydrogens is 369 g/mol. The SMILES string of the molecule is CC(NC(N)=NCCC1CCS(=O)(=O)CC1)c1ccc(Cl)cc1Cl. The van der Waals surface area contributed by atoms with Crippen molar-refractivity contribution >= 4 is 39.0 Å². The second-order valence-corrected chi connectivity index (χ2v) is 9.33. The molecule has 134 valence electrons. The topological polar surface area (TPSA) is 84.5 Å². The minimum Gasteiger partial charge on any atom is -0.370 e. The quantitative estimate of drug-likeness (QED) is 0.596. The van der Waals surface area contributed by atoms with Crippen molar-refractivity contribution in [2.45, 2.75) is 32.2 Å². The van der Waals surface area contributed by atoms with Crippen LogP contribution in [0.3, 0.4) is 0 Å². The molecule has 8 heteroatoms. The molecule has 5 nitrogen and oxygen atoms in total. The first-order valence-electron chi connectivity index (χ1n) is 7.98. The molecule has 2 rings (SSSR count). The average molecular weight is 392 g/mol. The van der Waals surface area contributed by atoms with Gasteiger partial charge in [0, 0.05) is 16.6 Å². The lowest BCUT2D eigenvalue weighted by molar-refractivity contribution is 0.441. The number of nitrogens with two attached hydrogens (primary N) is 1. The number of halogens is 2. The van der Waals surface area contributed by atoms with Crippen molar-refractivity contribution in [3.63, 3.8) is 0 Å². The molecule has 0 aromatic heterocycles. The van der Waals surface area contributed by atoms with E-state index in [4.69, 9.17) is 28.9 Å². The molecule has 0 radical (unpaired) electrons. The molecule has 1 aliphatic heterocycles. The minimum absolute atomic E-state index is 0.0849. The van der Waals surface area contributed by atoms with Gasteiger partial charge < -0.3 is 11.1 Å². The summed E-state index contributed by atoms with van der Waals surface area (Å²) >= 11 is 12.1. The van der Waals surface area contributed by atoms with Crippen LogP contribution in [0.15, 0.2) is 23.2 Å². The first-order valence-corrected chi connectivity index (χ1v) is 10.6. The number of hydrogen-bond donors (Lipinski definition) is 2. The molecule has 0 bridgehead atoms. The molecule has 0 saturated carbocycles. The zero-order valence-electron chi connectivity index (χ0n) is 13.6. The van der Waals surface area contributed by atoms with E-state index in [1.165, 1.54) is 0 Å². The molecule has 0 aliphatic carbocycles. The van der Waals surface area contributed by atoms with Crippen molar-refractivity contribution < 1.29 is 8.42 Å². The molecule has 0 amide bonds. The van der Waals surface area contributed by atoms with Gasteiger partial charge in [0.15, 0.2) is 5.96 Å². The van der Waals surface area contributed by atoms with Crippen LogP contribution in [0.5, 0.6) is 0 Å². The molecule has 3 N–H and O–H groups in total. The summed E-state index contributed by atoms with van der Waals surface area (Å²) < 4.78 is 22.8. The monoisotopic (exact) mass is 391 g/mol. The highest BCUT2D eigenvalue weighted by Crippen LogP contribution is 2.26. The van der Waals surface area contributed by atoms with Crippen LogP contribution in [0.1, 0.15) is 37.8 Å². The predicted molar refractivity (Wildman–Crippen MR) is 100 cm³/mol. The Morgan fingerprint density at radius 2 is 2.04 bits per heavy atom. The highest BCUT2D eigenvalue weighted by Gasteiger charge is 2.23. The lowest BCUT2D eigenvalue weighted by atomic mass is 9.99. The predicted octanol–water partition coefficient (Wildman–Crippen LogP) is 3.17. The summed E-state index contributed by atoms with van der Waals surface area (Å²) in [6.45, 7) is 2.54. The summed E-state index contributed by atoms with van der Waals surface area (Å²) in [5.41, 5.74) is 6.82. The number of nitrogens with one attached hydrogen (secondary N) is 1.